The second-order valence-corrected chi connectivity index (χ2v) is 7.19. The molecule has 1 aliphatic heterocycles. The van der Waals surface area contributed by atoms with Gasteiger partial charge in [-0.2, -0.15) is 0 Å². The van der Waals surface area contributed by atoms with E-state index in [9.17, 15) is 14.0 Å². The van der Waals surface area contributed by atoms with Crippen molar-refractivity contribution in [2.75, 3.05) is 33.2 Å². The summed E-state index contributed by atoms with van der Waals surface area (Å²) < 4.78 is 13.0. The van der Waals surface area contributed by atoms with Gasteiger partial charge in [-0.3, -0.25) is 14.5 Å². The maximum absolute atomic E-state index is 13.0. The van der Waals surface area contributed by atoms with Crippen LogP contribution in [0.1, 0.15) is 22.8 Å². The average molecular weight is 383 g/mol. The Balaban J connectivity index is 1.52. The van der Waals surface area contributed by atoms with Crippen LogP contribution in [0.25, 0.3) is 0 Å². The predicted octanol–water partition coefficient (Wildman–Crippen LogP) is 2.63. The summed E-state index contributed by atoms with van der Waals surface area (Å²) in [4.78, 5) is 30.9. The molecule has 1 saturated heterocycles. The van der Waals surface area contributed by atoms with Gasteiger partial charge in [0.05, 0.1) is 6.04 Å². The third-order valence-corrected chi connectivity index (χ3v) is 5.24. The van der Waals surface area contributed by atoms with Crippen molar-refractivity contribution >= 4 is 11.8 Å². The molecule has 0 N–H and O–H groups in total. The highest BCUT2D eigenvalue weighted by Crippen LogP contribution is 2.13. The number of hydrogen-bond acceptors (Lipinski definition) is 3. The fourth-order valence-corrected chi connectivity index (χ4v) is 3.50. The minimum Gasteiger partial charge on any atom is -0.340 e. The van der Waals surface area contributed by atoms with Gasteiger partial charge in [0.15, 0.2) is 0 Å². The molecule has 0 bridgehead atoms. The van der Waals surface area contributed by atoms with Crippen molar-refractivity contribution in [1.82, 2.24) is 14.7 Å². The summed E-state index contributed by atoms with van der Waals surface area (Å²) in [7, 11) is 1.82. The van der Waals surface area contributed by atoms with E-state index in [1.807, 2.05) is 44.3 Å². The Morgan fingerprint density at radius 3 is 2.21 bits per heavy atom. The maximum Gasteiger partial charge on any atom is 0.253 e. The van der Waals surface area contributed by atoms with Crippen molar-refractivity contribution in [3.63, 3.8) is 0 Å². The monoisotopic (exact) mass is 383 g/mol. The average Bonchev–Trinajstić information content (AvgIpc) is 2.73. The normalized spacial score (nSPS) is 15.9. The molecule has 0 radical (unpaired) electrons. The summed E-state index contributed by atoms with van der Waals surface area (Å²) in [5.41, 5.74) is 1.59. The highest BCUT2D eigenvalue weighted by molar-refractivity contribution is 5.94. The first-order chi connectivity index (χ1) is 13.5. The molecule has 1 atom stereocenters. The second-order valence-electron chi connectivity index (χ2n) is 7.19. The fraction of sp³-hybridized carbons (Fsp3) is 0.364. The summed E-state index contributed by atoms with van der Waals surface area (Å²) >= 11 is 0. The van der Waals surface area contributed by atoms with Crippen LogP contribution in [0.3, 0.4) is 0 Å². The predicted molar refractivity (Wildman–Crippen MR) is 106 cm³/mol. The van der Waals surface area contributed by atoms with Gasteiger partial charge in [0, 0.05) is 45.3 Å². The van der Waals surface area contributed by atoms with Crippen molar-refractivity contribution in [1.29, 1.82) is 0 Å². The van der Waals surface area contributed by atoms with Gasteiger partial charge in [0.25, 0.3) is 5.91 Å². The zero-order valence-corrected chi connectivity index (χ0v) is 16.3. The number of likely N-dealkylation sites (N-methyl/N-ethyl adjacent to an activating group) is 1. The Morgan fingerprint density at radius 2 is 1.61 bits per heavy atom. The number of amides is 2. The Bertz CT molecular complexity index is 802. The standard InChI is InChI=1S/C22H26FN3O2/c1-17(21(27)24(2)16-18-6-4-3-5-7-18)25-12-14-26(15-13-25)22(28)19-8-10-20(23)11-9-19/h3-11,17H,12-16H2,1-2H3. The van der Waals surface area contributed by atoms with Crippen LogP contribution in [0.4, 0.5) is 4.39 Å². The zero-order valence-electron chi connectivity index (χ0n) is 16.3. The summed E-state index contributed by atoms with van der Waals surface area (Å²) in [6, 6.07) is 15.3. The maximum atomic E-state index is 13.0. The molecule has 1 heterocycles. The molecule has 0 saturated carbocycles. The van der Waals surface area contributed by atoms with Crippen LogP contribution in [0.15, 0.2) is 54.6 Å². The lowest BCUT2D eigenvalue weighted by Gasteiger charge is -2.38. The fourth-order valence-electron chi connectivity index (χ4n) is 3.50. The van der Waals surface area contributed by atoms with E-state index in [2.05, 4.69) is 4.90 Å². The molecule has 148 valence electrons. The largest absolute Gasteiger partial charge is 0.340 e. The first-order valence-corrected chi connectivity index (χ1v) is 9.53. The summed E-state index contributed by atoms with van der Waals surface area (Å²) in [6.45, 7) is 4.87. The number of carbonyl (C=O) groups excluding carboxylic acids is 2. The SMILES string of the molecule is CC(C(=O)N(C)Cc1ccccc1)N1CCN(C(=O)c2ccc(F)cc2)CC1. The molecular formula is C22H26FN3O2. The number of carbonyl (C=O) groups is 2. The second kappa shape index (κ2) is 8.97. The van der Waals surface area contributed by atoms with Crippen LogP contribution in [-0.2, 0) is 11.3 Å². The van der Waals surface area contributed by atoms with Crippen molar-refractivity contribution in [2.24, 2.45) is 0 Å². The first-order valence-electron chi connectivity index (χ1n) is 9.53. The van der Waals surface area contributed by atoms with Gasteiger partial charge in [-0.25, -0.2) is 4.39 Å². The molecule has 28 heavy (non-hydrogen) atoms. The Labute approximate surface area is 165 Å². The lowest BCUT2D eigenvalue weighted by atomic mass is 10.1. The lowest BCUT2D eigenvalue weighted by Crippen LogP contribution is -2.55. The molecule has 2 aromatic carbocycles. The number of halogens is 1. The van der Waals surface area contributed by atoms with Crippen LogP contribution in [0.2, 0.25) is 0 Å². The van der Waals surface area contributed by atoms with Crippen molar-refractivity contribution in [3.8, 4) is 0 Å². The van der Waals surface area contributed by atoms with Gasteiger partial charge < -0.3 is 9.80 Å². The Morgan fingerprint density at radius 1 is 1.00 bits per heavy atom. The minimum atomic E-state index is -0.353. The van der Waals surface area contributed by atoms with E-state index in [1.54, 1.807) is 9.80 Å². The minimum absolute atomic E-state index is 0.0714. The number of piperazine rings is 1. The number of rotatable bonds is 5. The van der Waals surface area contributed by atoms with Crippen LogP contribution in [-0.4, -0.2) is 65.8 Å². The van der Waals surface area contributed by atoms with E-state index in [-0.39, 0.29) is 23.7 Å². The summed E-state index contributed by atoms with van der Waals surface area (Å²) in [5, 5.41) is 0. The van der Waals surface area contributed by atoms with E-state index in [1.165, 1.54) is 24.3 Å². The zero-order chi connectivity index (χ0) is 20.1. The van der Waals surface area contributed by atoms with Gasteiger partial charge in [-0.15, -0.1) is 0 Å². The van der Waals surface area contributed by atoms with Gasteiger partial charge in [0.2, 0.25) is 5.91 Å². The first kappa shape index (κ1) is 20.0. The molecule has 1 aliphatic rings. The quantitative estimate of drug-likeness (QED) is 0.797. The molecule has 3 rings (SSSR count). The molecule has 0 spiro atoms. The van der Waals surface area contributed by atoms with E-state index in [0.717, 1.165) is 5.56 Å². The smallest absolute Gasteiger partial charge is 0.253 e. The van der Waals surface area contributed by atoms with Gasteiger partial charge in [0.1, 0.15) is 5.82 Å². The van der Waals surface area contributed by atoms with E-state index >= 15 is 0 Å². The molecular weight excluding hydrogens is 357 g/mol. The highest BCUT2D eigenvalue weighted by atomic mass is 19.1. The molecule has 0 aliphatic carbocycles. The molecule has 2 amide bonds. The van der Waals surface area contributed by atoms with Crippen molar-refractivity contribution in [2.45, 2.75) is 19.5 Å². The summed E-state index contributed by atoms with van der Waals surface area (Å²) in [5.74, 6) is -0.379. The van der Waals surface area contributed by atoms with E-state index in [4.69, 9.17) is 0 Å². The van der Waals surface area contributed by atoms with Gasteiger partial charge in [-0.05, 0) is 36.8 Å². The molecule has 2 aromatic rings. The van der Waals surface area contributed by atoms with Crippen molar-refractivity contribution < 1.29 is 14.0 Å². The van der Waals surface area contributed by atoms with Crippen LogP contribution in [0.5, 0.6) is 0 Å². The third kappa shape index (κ3) is 4.75. The highest BCUT2D eigenvalue weighted by Gasteiger charge is 2.29. The number of benzene rings is 2. The van der Waals surface area contributed by atoms with Crippen LogP contribution < -0.4 is 0 Å². The summed E-state index contributed by atoms with van der Waals surface area (Å²) in [6.07, 6.45) is 0. The molecule has 0 aromatic heterocycles. The molecule has 5 nitrogen and oxygen atoms in total. The van der Waals surface area contributed by atoms with E-state index < -0.39 is 0 Å². The van der Waals surface area contributed by atoms with Crippen LogP contribution in [0, 0.1) is 5.82 Å². The number of nitrogens with zero attached hydrogens (tertiary/aromatic N) is 3. The third-order valence-electron chi connectivity index (χ3n) is 5.24. The van der Waals surface area contributed by atoms with Gasteiger partial charge >= 0.3 is 0 Å². The molecule has 1 unspecified atom stereocenters. The topological polar surface area (TPSA) is 43.9 Å². The van der Waals surface area contributed by atoms with E-state index in [0.29, 0.717) is 38.3 Å². The van der Waals surface area contributed by atoms with Crippen molar-refractivity contribution in [3.05, 3.63) is 71.5 Å². The lowest BCUT2D eigenvalue weighted by molar-refractivity contribution is -0.136. The van der Waals surface area contributed by atoms with Crippen LogP contribution >= 0.6 is 0 Å². The van der Waals surface area contributed by atoms with Gasteiger partial charge in [-0.1, -0.05) is 30.3 Å². The Hall–Kier alpha value is -2.73. The Kier molecular flexibility index (Phi) is 6.41. The molecule has 6 heteroatoms. The number of hydrogen-bond donors (Lipinski definition) is 0. The molecule has 1 fully saturated rings.